The molecule has 0 atom stereocenters. The molecule has 1 heterocycles. The molecule has 5 heteroatoms. The van der Waals surface area contributed by atoms with Gasteiger partial charge in [-0.25, -0.2) is 14.4 Å². The summed E-state index contributed by atoms with van der Waals surface area (Å²) in [5, 5.41) is 0.480. The second-order valence-corrected chi connectivity index (χ2v) is 3.30. The maximum Gasteiger partial charge on any atom is 0.225 e. The van der Waals surface area contributed by atoms with Crippen LogP contribution in [0.1, 0.15) is 5.56 Å². The number of fused-ring (bicyclic) bond motifs is 1. The molecule has 0 aliphatic carbocycles. The van der Waals surface area contributed by atoms with Gasteiger partial charge in [0.15, 0.2) is 0 Å². The van der Waals surface area contributed by atoms with Gasteiger partial charge in [-0.05, 0) is 30.2 Å². The molecule has 72 valence electrons. The summed E-state index contributed by atoms with van der Waals surface area (Å²) in [5.41, 5.74) is 6.62. The van der Waals surface area contributed by atoms with Crippen molar-refractivity contribution in [3.8, 4) is 0 Å². The van der Waals surface area contributed by atoms with Crippen LogP contribution < -0.4 is 5.73 Å². The van der Waals surface area contributed by atoms with Crippen LogP contribution >= 0.6 is 11.6 Å². The predicted octanol–water partition coefficient (Wildman–Crippen LogP) is 2.31. The average molecular weight is 212 g/mol. The molecule has 0 amide bonds. The molecule has 3 nitrogen and oxygen atoms in total. The summed E-state index contributed by atoms with van der Waals surface area (Å²) in [5.74, 6) is -0.237. The molecule has 0 saturated heterocycles. The van der Waals surface area contributed by atoms with Crippen molar-refractivity contribution in [3.05, 3.63) is 28.8 Å². The van der Waals surface area contributed by atoms with Crippen molar-refractivity contribution in [1.82, 2.24) is 9.97 Å². The van der Waals surface area contributed by atoms with Gasteiger partial charge in [-0.3, -0.25) is 0 Å². The van der Waals surface area contributed by atoms with E-state index in [2.05, 4.69) is 9.97 Å². The summed E-state index contributed by atoms with van der Waals surface area (Å²) < 4.78 is 13.3. The van der Waals surface area contributed by atoms with Gasteiger partial charge < -0.3 is 5.73 Å². The van der Waals surface area contributed by atoms with Crippen LogP contribution in [0.5, 0.6) is 0 Å². The monoisotopic (exact) mass is 211 g/mol. The molecule has 1 aromatic heterocycles. The molecule has 1 aromatic carbocycles. The maximum atomic E-state index is 13.3. The first-order valence-electron chi connectivity index (χ1n) is 3.97. The van der Waals surface area contributed by atoms with Gasteiger partial charge in [0.1, 0.15) is 17.2 Å². The third kappa shape index (κ3) is 1.28. The molecule has 0 unspecified atom stereocenters. The number of aryl methyl sites for hydroxylation is 1. The molecule has 14 heavy (non-hydrogen) atoms. The van der Waals surface area contributed by atoms with Gasteiger partial charge in [0, 0.05) is 5.39 Å². The Kier molecular flexibility index (Phi) is 2.00. The molecule has 2 rings (SSSR count). The van der Waals surface area contributed by atoms with E-state index in [0.29, 0.717) is 5.39 Å². The van der Waals surface area contributed by atoms with Crippen molar-refractivity contribution in [1.29, 1.82) is 0 Å². The maximum absolute atomic E-state index is 13.3. The quantitative estimate of drug-likeness (QED) is 0.681. The fraction of sp³-hybridized carbons (Fsp3) is 0.111. The van der Waals surface area contributed by atoms with E-state index in [-0.39, 0.29) is 16.6 Å². The summed E-state index contributed by atoms with van der Waals surface area (Å²) >= 11 is 5.58. The van der Waals surface area contributed by atoms with Gasteiger partial charge in [0.05, 0.1) is 0 Å². The number of nitrogens with zero attached hydrogens (tertiary/aromatic N) is 2. The Morgan fingerprint density at radius 2 is 2.07 bits per heavy atom. The Morgan fingerprint density at radius 3 is 2.79 bits per heavy atom. The minimum absolute atomic E-state index is 0.0421. The highest BCUT2D eigenvalue weighted by atomic mass is 35.5. The Balaban J connectivity index is 3.00. The summed E-state index contributed by atoms with van der Waals surface area (Å²) in [4.78, 5) is 7.57. The molecule has 2 N–H and O–H groups in total. The van der Waals surface area contributed by atoms with Crippen molar-refractivity contribution in [3.63, 3.8) is 0 Å². The smallest absolute Gasteiger partial charge is 0.225 e. The second kappa shape index (κ2) is 3.06. The van der Waals surface area contributed by atoms with Gasteiger partial charge in [-0.15, -0.1) is 0 Å². The number of aromatic nitrogens is 2. The molecule has 0 bridgehead atoms. The molecule has 0 aliphatic rings. The number of anilines is 1. The van der Waals surface area contributed by atoms with E-state index in [1.54, 1.807) is 6.07 Å². The SMILES string of the molecule is Cc1ccc(F)c2nc(Cl)nc(N)c12. The standard InChI is InChI=1S/C9H7ClFN3/c1-4-2-3-5(11)7-6(4)8(12)14-9(10)13-7/h2-3H,1H3,(H2,12,13,14). The third-order valence-corrected chi connectivity index (χ3v) is 2.18. The minimum Gasteiger partial charge on any atom is -0.383 e. The molecular weight excluding hydrogens is 205 g/mol. The fourth-order valence-electron chi connectivity index (χ4n) is 1.37. The zero-order chi connectivity index (χ0) is 10.3. The third-order valence-electron chi connectivity index (χ3n) is 2.01. The molecule has 0 aliphatic heterocycles. The lowest BCUT2D eigenvalue weighted by atomic mass is 10.1. The second-order valence-electron chi connectivity index (χ2n) is 2.97. The number of rotatable bonds is 0. The molecular formula is C9H7ClFN3. The summed E-state index contributed by atoms with van der Waals surface area (Å²) in [6, 6.07) is 2.96. The number of halogens is 2. The largest absolute Gasteiger partial charge is 0.383 e. The van der Waals surface area contributed by atoms with E-state index < -0.39 is 5.82 Å². The molecule has 0 fully saturated rings. The Bertz CT molecular complexity index is 513. The highest BCUT2D eigenvalue weighted by Gasteiger charge is 2.10. The van der Waals surface area contributed by atoms with Gasteiger partial charge in [-0.2, -0.15) is 0 Å². The Hall–Kier alpha value is -1.42. The summed E-state index contributed by atoms with van der Waals surface area (Å²) in [7, 11) is 0. The molecule has 0 spiro atoms. The van der Waals surface area contributed by atoms with Gasteiger partial charge in [0.25, 0.3) is 0 Å². The summed E-state index contributed by atoms with van der Waals surface area (Å²) in [6.45, 7) is 1.81. The lowest BCUT2D eigenvalue weighted by Gasteiger charge is -2.05. The van der Waals surface area contributed by atoms with E-state index >= 15 is 0 Å². The fourth-order valence-corrected chi connectivity index (χ4v) is 1.55. The number of benzene rings is 1. The number of hydrogen-bond donors (Lipinski definition) is 1. The first-order chi connectivity index (χ1) is 6.59. The number of nitrogen functional groups attached to an aromatic ring is 1. The van der Waals surface area contributed by atoms with Crippen LogP contribution in [0, 0.1) is 12.7 Å². The van der Waals surface area contributed by atoms with Crippen molar-refractivity contribution < 1.29 is 4.39 Å². The highest BCUT2D eigenvalue weighted by molar-refractivity contribution is 6.28. The van der Waals surface area contributed by atoms with Crippen LogP contribution in [0.15, 0.2) is 12.1 Å². The van der Waals surface area contributed by atoms with Crippen molar-refractivity contribution in [2.24, 2.45) is 0 Å². The number of hydrogen-bond acceptors (Lipinski definition) is 3. The van der Waals surface area contributed by atoms with Gasteiger partial charge >= 0.3 is 0 Å². The minimum atomic E-state index is -0.443. The Labute approximate surface area is 84.7 Å². The van der Waals surface area contributed by atoms with E-state index in [9.17, 15) is 4.39 Å². The topological polar surface area (TPSA) is 51.8 Å². The van der Waals surface area contributed by atoms with Gasteiger partial charge in [0.2, 0.25) is 5.28 Å². The average Bonchev–Trinajstić information content (AvgIpc) is 2.10. The highest BCUT2D eigenvalue weighted by Crippen LogP contribution is 2.25. The summed E-state index contributed by atoms with van der Waals surface area (Å²) in [6.07, 6.45) is 0. The van der Waals surface area contributed by atoms with Crippen LogP contribution in [-0.4, -0.2) is 9.97 Å². The lowest BCUT2D eigenvalue weighted by Crippen LogP contribution is -1.98. The first-order valence-corrected chi connectivity index (χ1v) is 4.35. The van der Waals surface area contributed by atoms with Crippen LogP contribution in [0.3, 0.4) is 0 Å². The van der Waals surface area contributed by atoms with Crippen molar-refractivity contribution >= 4 is 28.3 Å². The Morgan fingerprint density at radius 1 is 1.36 bits per heavy atom. The van der Waals surface area contributed by atoms with E-state index in [0.717, 1.165) is 5.56 Å². The lowest BCUT2D eigenvalue weighted by molar-refractivity contribution is 0.636. The van der Waals surface area contributed by atoms with Crippen LogP contribution in [0.2, 0.25) is 5.28 Å². The molecule has 2 aromatic rings. The first kappa shape index (κ1) is 9.15. The molecule has 0 radical (unpaired) electrons. The van der Waals surface area contributed by atoms with E-state index in [1.807, 2.05) is 6.92 Å². The van der Waals surface area contributed by atoms with Crippen molar-refractivity contribution in [2.75, 3.05) is 5.73 Å². The molecule has 0 saturated carbocycles. The van der Waals surface area contributed by atoms with E-state index in [1.165, 1.54) is 6.07 Å². The predicted molar refractivity (Wildman–Crippen MR) is 53.7 cm³/mol. The van der Waals surface area contributed by atoms with Gasteiger partial charge in [-0.1, -0.05) is 6.07 Å². The van der Waals surface area contributed by atoms with Crippen LogP contribution in [-0.2, 0) is 0 Å². The van der Waals surface area contributed by atoms with E-state index in [4.69, 9.17) is 17.3 Å². The zero-order valence-corrected chi connectivity index (χ0v) is 8.14. The zero-order valence-electron chi connectivity index (χ0n) is 7.38. The van der Waals surface area contributed by atoms with Crippen molar-refractivity contribution in [2.45, 2.75) is 6.92 Å². The van der Waals surface area contributed by atoms with Crippen LogP contribution in [0.4, 0.5) is 10.2 Å². The number of nitrogens with two attached hydrogens (primary N) is 1. The normalized spacial score (nSPS) is 10.8. The van der Waals surface area contributed by atoms with Crippen LogP contribution in [0.25, 0.3) is 10.9 Å².